The number of hydrogen-bond acceptors (Lipinski definition) is 6. The van der Waals surface area contributed by atoms with Crippen LogP contribution in [0.25, 0.3) is 10.9 Å². The molecule has 0 radical (unpaired) electrons. The summed E-state index contributed by atoms with van der Waals surface area (Å²) >= 11 is 1.31. The summed E-state index contributed by atoms with van der Waals surface area (Å²) in [5.74, 6) is 0.972. The van der Waals surface area contributed by atoms with E-state index >= 15 is 0 Å². The quantitative estimate of drug-likeness (QED) is 0.291. The molecule has 180 valence electrons. The maximum atomic E-state index is 13.2. The second-order valence-electron chi connectivity index (χ2n) is 8.82. The molecule has 8 heteroatoms. The second kappa shape index (κ2) is 10.5. The number of fused-ring (bicyclic) bond motifs is 1. The Morgan fingerprint density at radius 3 is 2.60 bits per heavy atom. The van der Waals surface area contributed by atoms with Gasteiger partial charge in [0.05, 0.1) is 29.5 Å². The van der Waals surface area contributed by atoms with Crippen LogP contribution < -0.4 is 5.56 Å². The minimum absolute atomic E-state index is 0.0668. The summed E-state index contributed by atoms with van der Waals surface area (Å²) in [5.41, 5.74) is 3.07. The van der Waals surface area contributed by atoms with E-state index < -0.39 is 0 Å². The molecule has 1 saturated heterocycles. The van der Waals surface area contributed by atoms with E-state index in [4.69, 9.17) is 9.40 Å². The van der Waals surface area contributed by atoms with Crippen LogP contribution in [0, 0.1) is 6.92 Å². The molecule has 2 aromatic carbocycles. The third-order valence-corrected chi connectivity index (χ3v) is 7.22. The molecule has 1 fully saturated rings. The molecule has 0 bridgehead atoms. The van der Waals surface area contributed by atoms with Crippen LogP contribution in [0.2, 0.25) is 0 Å². The number of piperazine rings is 1. The van der Waals surface area contributed by atoms with Crippen LogP contribution in [0.3, 0.4) is 0 Å². The molecule has 0 unspecified atom stereocenters. The first-order valence-electron chi connectivity index (χ1n) is 11.8. The van der Waals surface area contributed by atoms with E-state index in [0.717, 1.165) is 19.6 Å². The zero-order valence-electron chi connectivity index (χ0n) is 19.7. The number of carbonyl (C=O) groups is 1. The van der Waals surface area contributed by atoms with Gasteiger partial charge in [-0.1, -0.05) is 53.7 Å². The smallest absolute Gasteiger partial charge is 0.262 e. The van der Waals surface area contributed by atoms with Gasteiger partial charge in [-0.05, 0) is 36.8 Å². The van der Waals surface area contributed by atoms with Crippen LogP contribution >= 0.6 is 11.8 Å². The van der Waals surface area contributed by atoms with Crippen molar-refractivity contribution in [1.29, 1.82) is 0 Å². The predicted octanol–water partition coefficient (Wildman–Crippen LogP) is 3.78. The lowest BCUT2D eigenvalue weighted by atomic mass is 10.1. The number of amides is 1. The first-order chi connectivity index (χ1) is 17.1. The summed E-state index contributed by atoms with van der Waals surface area (Å²) in [7, 11) is 0. The summed E-state index contributed by atoms with van der Waals surface area (Å²) in [5, 5.41) is 1.08. The number of carbonyl (C=O) groups excluding carboxylic acids is 1. The lowest BCUT2D eigenvalue weighted by molar-refractivity contribution is -0.130. The topological polar surface area (TPSA) is 71.6 Å². The average Bonchev–Trinajstić information content (AvgIpc) is 3.38. The summed E-state index contributed by atoms with van der Waals surface area (Å²) in [6.07, 6.45) is 1.59. The van der Waals surface area contributed by atoms with Gasteiger partial charge in [-0.15, -0.1) is 0 Å². The van der Waals surface area contributed by atoms with Crippen molar-refractivity contribution in [3.8, 4) is 0 Å². The number of furan rings is 1. The first-order valence-corrected chi connectivity index (χ1v) is 12.8. The fourth-order valence-electron chi connectivity index (χ4n) is 4.40. The van der Waals surface area contributed by atoms with Crippen molar-refractivity contribution in [1.82, 2.24) is 19.4 Å². The molecule has 1 aliphatic rings. The van der Waals surface area contributed by atoms with Crippen LogP contribution in [-0.4, -0.2) is 57.2 Å². The largest absolute Gasteiger partial charge is 0.467 e. The molecule has 1 amide bonds. The first kappa shape index (κ1) is 23.4. The third-order valence-electron chi connectivity index (χ3n) is 6.26. The van der Waals surface area contributed by atoms with Gasteiger partial charge in [-0.25, -0.2) is 4.98 Å². The number of benzene rings is 2. The highest BCUT2D eigenvalue weighted by molar-refractivity contribution is 7.99. The lowest BCUT2D eigenvalue weighted by Gasteiger charge is -2.34. The third kappa shape index (κ3) is 5.49. The minimum Gasteiger partial charge on any atom is -0.467 e. The molecule has 0 N–H and O–H groups in total. The summed E-state index contributed by atoms with van der Waals surface area (Å²) in [6.45, 7) is 6.39. The Hall–Kier alpha value is -3.36. The number of aryl methyl sites for hydroxylation is 1. The summed E-state index contributed by atoms with van der Waals surface area (Å²) in [4.78, 5) is 35.2. The number of nitrogens with zero attached hydrogens (tertiary/aromatic N) is 4. The molecule has 4 aromatic rings. The van der Waals surface area contributed by atoms with Crippen LogP contribution in [0.4, 0.5) is 0 Å². The Labute approximate surface area is 208 Å². The number of para-hydroxylation sites is 1. The van der Waals surface area contributed by atoms with Gasteiger partial charge in [0.25, 0.3) is 5.56 Å². The Morgan fingerprint density at radius 2 is 1.83 bits per heavy atom. The van der Waals surface area contributed by atoms with E-state index in [0.29, 0.717) is 34.9 Å². The van der Waals surface area contributed by atoms with Crippen molar-refractivity contribution in [2.75, 3.05) is 31.9 Å². The molecule has 0 aliphatic carbocycles. The van der Waals surface area contributed by atoms with E-state index in [2.05, 4.69) is 36.1 Å². The van der Waals surface area contributed by atoms with Crippen molar-refractivity contribution < 1.29 is 9.21 Å². The van der Waals surface area contributed by atoms with Crippen LogP contribution in [0.5, 0.6) is 0 Å². The van der Waals surface area contributed by atoms with E-state index in [9.17, 15) is 9.59 Å². The molecule has 35 heavy (non-hydrogen) atoms. The molecule has 3 heterocycles. The van der Waals surface area contributed by atoms with Crippen molar-refractivity contribution >= 4 is 28.6 Å². The van der Waals surface area contributed by atoms with Crippen LogP contribution in [0.15, 0.2) is 81.3 Å². The van der Waals surface area contributed by atoms with Crippen molar-refractivity contribution in [2.45, 2.75) is 25.2 Å². The van der Waals surface area contributed by atoms with Gasteiger partial charge in [0, 0.05) is 32.7 Å². The summed E-state index contributed by atoms with van der Waals surface area (Å²) < 4.78 is 7.06. The fraction of sp³-hybridized carbons (Fsp3) is 0.296. The number of hydrogen-bond donors (Lipinski definition) is 0. The zero-order chi connectivity index (χ0) is 24.2. The highest BCUT2D eigenvalue weighted by atomic mass is 32.2. The highest BCUT2D eigenvalue weighted by Gasteiger charge is 2.22. The van der Waals surface area contributed by atoms with Gasteiger partial charge in [0.1, 0.15) is 5.76 Å². The highest BCUT2D eigenvalue weighted by Crippen LogP contribution is 2.20. The van der Waals surface area contributed by atoms with E-state index in [1.807, 2.05) is 29.2 Å². The Balaban J connectivity index is 1.24. The number of thioether (sulfide) groups is 1. The monoisotopic (exact) mass is 488 g/mol. The zero-order valence-corrected chi connectivity index (χ0v) is 20.5. The van der Waals surface area contributed by atoms with Crippen LogP contribution in [0.1, 0.15) is 16.9 Å². The Bertz CT molecular complexity index is 1370. The van der Waals surface area contributed by atoms with E-state index in [1.54, 1.807) is 23.0 Å². The lowest BCUT2D eigenvalue weighted by Crippen LogP contribution is -2.48. The van der Waals surface area contributed by atoms with Gasteiger partial charge in [0.2, 0.25) is 5.91 Å². The molecule has 0 saturated carbocycles. The molecule has 0 atom stereocenters. The molecule has 5 rings (SSSR count). The minimum atomic E-state index is -0.133. The predicted molar refractivity (Wildman–Crippen MR) is 138 cm³/mol. The van der Waals surface area contributed by atoms with Crippen LogP contribution in [-0.2, 0) is 17.9 Å². The van der Waals surface area contributed by atoms with Gasteiger partial charge >= 0.3 is 0 Å². The maximum Gasteiger partial charge on any atom is 0.262 e. The number of rotatable bonds is 7. The van der Waals surface area contributed by atoms with Gasteiger partial charge in [0.15, 0.2) is 5.16 Å². The fourth-order valence-corrected chi connectivity index (χ4v) is 5.30. The number of aromatic nitrogens is 2. The van der Waals surface area contributed by atoms with Gasteiger partial charge < -0.3 is 9.32 Å². The molecule has 7 nitrogen and oxygen atoms in total. The molecular weight excluding hydrogens is 460 g/mol. The Kier molecular flexibility index (Phi) is 7.01. The molecule has 0 spiro atoms. The normalized spacial score (nSPS) is 14.5. The van der Waals surface area contributed by atoms with Crippen molar-refractivity contribution in [3.05, 3.63) is 94.2 Å². The van der Waals surface area contributed by atoms with E-state index in [1.165, 1.54) is 22.9 Å². The molecular formula is C27H28N4O3S. The van der Waals surface area contributed by atoms with Gasteiger partial charge in [-0.2, -0.15) is 0 Å². The standard InChI is InChI=1S/C27H28N4O3S/c1-20-6-4-7-21(16-20)17-29-11-13-30(14-12-29)25(32)19-35-27-28-24-10-3-2-9-23(24)26(33)31(27)18-22-8-5-15-34-22/h2-10,15-16H,11-14,17-19H2,1H3. The average molecular weight is 489 g/mol. The Morgan fingerprint density at radius 1 is 1.00 bits per heavy atom. The SMILES string of the molecule is Cc1cccc(CN2CCN(C(=O)CSc3nc4ccccc4c(=O)n3Cc3ccco3)CC2)c1. The van der Waals surface area contributed by atoms with Crippen molar-refractivity contribution in [2.24, 2.45) is 0 Å². The van der Waals surface area contributed by atoms with E-state index in [-0.39, 0.29) is 23.8 Å². The maximum absolute atomic E-state index is 13.2. The van der Waals surface area contributed by atoms with Crippen molar-refractivity contribution in [3.63, 3.8) is 0 Å². The van der Waals surface area contributed by atoms with Gasteiger partial charge in [-0.3, -0.25) is 19.1 Å². The summed E-state index contributed by atoms with van der Waals surface area (Å²) in [6, 6.07) is 19.5. The molecule has 2 aromatic heterocycles. The molecule has 1 aliphatic heterocycles. The second-order valence-corrected chi connectivity index (χ2v) is 9.76.